The largest absolute Gasteiger partial charge is 0.0891 e. The zero-order chi connectivity index (χ0) is 12.8. The van der Waals surface area contributed by atoms with Crippen LogP contribution in [0.2, 0.25) is 0 Å². The number of hydrogen-bond acceptors (Lipinski definition) is 1. The Bertz CT molecular complexity index is 243. The lowest BCUT2D eigenvalue weighted by Gasteiger charge is -2.18. The van der Waals surface area contributed by atoms with Gasteiger partial charge in [0, 0.05) is 5.92 Å². The minimum atomic E-state index is 0.463. The molecule has 0 radical (unpaired) electrons. The van der Waals surface area contributed by atoms with E-state index in [0.29, 0.717) is 11.3 Å². The van der Waals surface area contributed by atoms with Crippen molar-refractivity contribution in [2.24, 2.45) is 11.3 Å². The molecule has 1 atom stereocenters. The van der Waals surface area contributed by atoms with Gasteiger partial charge in [-0.1, -0.05) is 58.5 Å². The van der Waals surface area contributed by atoms with Gasteiger partial charge >= 0.3 is 0 Å². The van der Waals surface area contributed by atoms with Crippen molar-refractivity contribution in [3.63, 3.8) is 0 Å². The van der Waals surface area contributed by atoms with Gasteiger partial charge in [0.25, 0.3) is 0 Å². The Hall–Kier alpha value is -0.170. The summed E-state index contributed by atoms with van der Waals surface area (Å²) in [6.07, 6.45) is 7.16. The molecule has 0 nitrogen and oxygen atoms in total. The molecule has 0 aromatic carbocycles. The molecule has 0 amide bonds. The van der Waals surface area contributed by atoms with Crippen molar-refractivity contribution in [3.8, 4) is 0 Å². The highest BCUT2D eigenvalue weighted by Gasteiger charge is 2.09. The summed E-state index contributed by atoms with van der Waals surface area (Å²) < 4.78 is 0. The second-order valence-electron chi connectivity index (χ2n) is 6.04. The van der Waals surface area contributed by atoms with Crippen LogP contribution < -0.4 is 0 Å². The molecule has 16 heavy (non-hydrogen) atoms. The molecule has 0 N–H and O–H groups in total. The standard InChI is InChI=1S/C15H28S/c1-7-14(16)13(3)11-12(2)9-8-10-15(4,5)6/h11,13H,7-10H2,1-6H3. The number of hydrogen-bond donors (Lipinski definition) is 0. The van der Waals surface area contributed by atoms with E-state index in [1.807, 2.05) is 0 Å². The highest BCUT2D eigenvalue weighted by atomic mass is 32.1. The maximum absolute atomic E-state index is 5.32. The second-order valence-corrected chi connectivity index (χ2v) is 6.56. The maximum Gasteiger partial charge on any atom is 0.00558 e. The molecule has 94 valence electrons. The van der Waals surface area contributed by atoms with E-state index in [2.05, 4.69) is 47.6 Å². The molecule has 0 spiro atoms. The second kappa shape index (κ2) is 7.21. The average molecular weight is 240 g/mol. The molecule has 1 unspecified atom stereocenters. The summed E-state index contributed by atoms with van der Waals surface area (Å²) in [5.74, 6) is 0.467. The van der Waals surface area contributed by atoms with E-state index in [-0.39, 0.29) is 0 Å². The quantitative estimate of drug-likeness (QED) is 0.432. The van der Waals surface area contributed by atoms with Gasteiger partial charge in [-0.3, -0.25) is 0 Å². The van der Waals surface area contributed by atoms with Crippen molar-refractivity contribution in [2.45, 2.75) is 67.2 Å². The maximum atomic E-state index is 5.32. The van der Waals surface area contributed by atoms with E-state index >= 15 is 0 Å². The lowest BCUT2D eigenvalue weighted by Crippen LogP contribution is -2.06. The third kappa shape index (κ3) is 8.04. The summed E-state index contributed by atoms with van der Waals surface area (Å²) in [5, 5.41) is 0. The number of rotatable bonds is 6. The fourth-order valence-corrected chi connectivity index (χ4v) is 1.89. The van der Waals surface area contributed by atoms with Gasteiger partial charge in [-0.2, -0.15) is 0 Å². The summed E-state index contributed by atoms with van der Waals surface area (Å²) in [6.45, 7) is 13.5. The Morgan fingerprint density at radius 2 is 1.88 bits per heavy atom. The van der Waals surface area contributed by atoms with Crippen molar-refractivity contribution in [3.05, 3.63) is 11.6 Å². The van der Waals surface area contributed by atoms with Crippen molar-refractivity contribution in [1.82, 2.24) is 0 Å². The predicted molar refractivity (Wildman–Crippen MR) is 79.1 cm³/mol. The molecule has 0 saturated carbocycles. The molecule has 0 aromatic heterocycles. The summed E-state index contributed by atoms with van der Waals surface area (Å²) in [7, 11) is 0. The average Bonchev–Trinajstić information content (AvgIpc) is 2.14. The van der Waals surface area contributed by atoms with Crippen LogP contribution in [0.3, 0.4) is 0 Å². The van der Waals surface area contributed by atoms with Gasteiger partial charge in [-0.15, -0.1) is 0 Å². The molecule has 0 aromatic rings. The summed E-state index contributed by atoms with van der Waals surface area (Å²) in [5.41, 5.74) is 1.96. The Labute approximate surface area is 108 Å². The van der Waals surface area contributed by atoms with Gasteiger partial charge in [0.2, 0.25) is 0 Å². The minimum Gasteiger partial charge on any atom is -0.0891 e. The first-order valence-electron chi connectivity index (χ1n) is 6.46. The molecule has 0 aliphatic carbocycles. The van der Waals surface area contributed by atoms with Crippen molar-refractivity contribution in [1.29, 1.82) is 0 Å². The molecule has 0 rings (SSSR count). The highest BCUT2D eigenvalue weighted by Crippen LogP contribution is 2.23. The van der Waals surface area contributed by atoms with E-state index < -0.39 is 0 Å². The Kier molecular flexibility index (Phi) is 7.14. The van der Waals surface area contributed by atoms with Crippen LogP contribution in [0.4, 0.5) is 0 Å². The fourth-order valence-electron chi connectivity index (χ4n) is 1.82. The molecule has 0 fully saturated rings. The van der Waals surface area contributed by atoms with Crippen LogP contribution in [0.5, 0.6) is 0 Å². The summed E-state index contributed by atoms with van der Waals surface area (Å²) in [4.78, 5) is 1.18. The number of allylic oxidation sites excluding steroid dienone is 2. The highest BCUT2D eigenvalue weighted by molar-refractivity contribution is 7.80. The third-order valence-electron chi connectivity index (χ3n) is 2.89. The smallest absolute Gasteiger partial charge is 0.00558 e. The van der Waals surface area contributed by atoms with E-state index in [4.69, 9.17) is 12.2 Å². The Morgan fingerprint density at radius 3 is 2.31 bits per heavy atom. The van der Waals surface area contributed by atoms with Gasteiger partial charge in [-0.05, 0) is 42.9 Å². The van der Waals surface area contributed by atoms with E-state index in [1.165, 1.54) is 29.7 Å². The fraction of sp³-hybridized carbons (Fsp3) is 0.800. The first-order chi connectivity index (χ1) is 7.26. The van der Waals surface area contributed by atoms with Crippen LogP contribution in [-0.2, 0) is 0 Å². The van der Waals surface area contributed by atoms with E-state index in [1.54, 1.807) is 0 Å². The van der Waals surface area contributed by atoms with Gasteiger partial charge in [0.15, 0.2) is 0 Å². The van der Waals surface area contributed by atoms with Gasteiger partial charge in [-0.25, -0.2) is 0 Å². The summed E-state index contributed by atoms with van der Waals surface area (Å²) in [6, 6.07) is 0. The molecule has 0 aliphatic heterocycles. The lowest BCUT2D eigenvalue weighted by atomic mass is 9.88. The molecule has 0 aliphatic rings. The Balaban J connectivity index is 4.01. The molecule has 1 heteroatoms. The topological polar surface area (TPSA) is 0 Å². The van der Waals surface area contributed by atoms with Crippen LogP contribution in [0.15, 0.2) is 11.6 Å². The van der Waals surface area contributed by atoms with E-state index in [0.717, 1.165) is 6.42 Å². The van der Waals surface area contributed by atoms with Crippen LogP contribution in [0.1, 0.15) is 67.2 Å². The third-order valence-corrected chi connectivity index (χ3v) is 3.55. The van der Waals surface area contributed by atoms with Crippen LogP contribution in [0.25, 0.3) is 0 Å². The lowest BCUT2D eigenvalue weighted by molar-refractivity contribution is 0.365. The summed E-state index contributed by atoms with van der Waals surface area (Å²) >= 11 is 5.32. The monoisotopic (exact) mass is 240 g/mol. The van der Waals surface area contributed by atoms with Gasteiger partial charge in [0.1, 0.15) is 0 Å². The minimum absolute atomic E-state index is 0.463. The zero-order valence-electron chi connectivity index (χ0n) is 11.9. The van der Waals surface area contributed by atoms with Crippen LogP contribution >= 0.6 is 12.2 Å². The van der Waals surface area contributed by atoms with Gasteiger partial charge < -0.3 is 0 Å². The first kappa shape index (κ1) is 15.8. The van der Waals surface area contributed by atoms with Crippen LogP contribution in [-0.4, -0.2) is 4.86 Å². The molecular weight excluding hydrogens is 212 g/mol. The molecule has 0 bridgehead atoms. The molecule has 0 heterocycles. The zero-order valence-corrected chi connectivity index (χ0v) is 12.7. The predicted octanol–water partition coefficient (Wildman–Crippen LogP) is 5.57. The van der Waals surface area contributed by atoms with Crippen molar-refractivity contribution >= 4 is 17.1 Å². The normalized spacial score (nSPS) is 15.0. The Morgan fingerprint density at radius 1 is 1.31 bits per heavy atom. The number of thiocarbonyl (C=S) groups is 1. The van der Waals surface area contributed by atoms with E-state index in [9.17, 15) is 0 Å². The van der Waals surface area contributed by atoms with Crippen molar-refractivity contribution < 1.29 is 0 Å². The SMILES string of the molecule is CCC(=S)C(C)C=C(C)CCCC(C)(C)C. The van der Waals surface area contributed by atoms with Gasteiger partial charge in [0.05, 0.1) is 0 Å². The first-order valence-corrected chi connectivity index (χ1v) is 6.87. The molecule has 0 saturated heterocycles. The van der Waals surface area contributed by atoms with Crippen LogP contribution in [0, 0.1) is 11.3 Å². The molecular formula is C15H28S. The van der Waals surface area contributed by atoms with Crippen molar-refractivity contribution in [2.75, 3.05) is 0 Å².